The lowest BCUT2D eigenvalue weighted by molar-refractivity contribution is -0.274. The Bertz CT molecular complexity index is 716. The molecule has 1 aromatic carbocycles. The number of halogens is 3. The van der Waals surface area contributed by atoms with E-state index in [9.17, 15) is 18.0 Å². The van der Waals surface area contributed by atoms with Crippen molar-refractivity contribution in [1.82, 2.24) is 4.98 Å². The van der Waals surface area contributed by atoms with E-state index in [0.717, 1.165) is 13.2 Å². The highest BCUT2D eigenvalue weighted by molar-refractivity contribution is 5.96. The minimum atomic E-state index is -4.86. The SMILES string of the molecule is COC(=O)c1nc(OC)ccc1-c1ccccc1OC(F)(F)F. The molecule has 0 radical (unpaired) electrons. The van der Waals surface area contributed by atoms with Gasteiger partial charge in [0.2, 0.25) is 5.88 Å². The smallest absolute Gasteiger partial charge is 0.481 e. The third-order valence-corrected chi connectivity index (χ3v) is 2.86. The first-order chi connectivity index (χ1) is 10.9. The van der Waals surface area contributed by atoms with Crippen molar-refractivity contribution in [2.75, 3.05) is 14.2 Å². The van der Waals surface area contributed by atoms with E-state index in [1.807, 2.05) is 0 Å². The van der Waals surface area contributed by atoms with E-state index in [1.165, 1.54) is 37.4 Å². The average Bonchev–Trinajstić information content (AvgIpc) is 2.52. The van der Waals surface area contributed by atoms with E-state index in [2.05, 4.69) is 14.5 Å². The van der Waals surface area contributed by atoms with Gasteiger partial charge in [0.1, 0.15) is 5.75 Å². The zero-order valence-electron chi connectivity index (χ0n) is 12.2. The van der Waals surface area contributed by atoms with Crippen LogP contribution in [-0.2, 0) is 4.74 Å². The highest BCUT2D eigenvalue weighted by Crippen LogP contribution is 2.35. The summed E-state index contributed by atoms with van der Waals surface area (Å²) >= 11 is 0. The third-order valence-electron chi connectivity index (χ3n) is 2.86. The van der Waals surface area contributed by atoms with Crippen LogP contribution in [-0.4, -0.2) is 31.5 Å². The zero-order chi connectivity index (χ0) is 17.0. The summed E-state index contributed by atoms with van der Waals surface area (Å²) in [6.45, 7) is 0. The van der Waals surface area contributed by atoms with Crippen LogP contribution in [0, 0.1) is 0 Å². The summed E-state index contributed by atoms with van der Waals surface area (Å²) in [7, 11) is 2.50. The Balaban J connectivity index is 2.60. The molecule has 2 rings (SSSR count). The van der Waals surface area contributed by atoms with E-state index in [1.54, 1.807) is 0 Å². The lowest BCUT2D eigenvalue weighted by Crippen LogP contribution is -2.18. The standard InChI is InChI=1S/C15H12F3NO4/c1-21-12-8-7-10(13(19-12)14(20)22-2)9-5-3-4-6-11(9)23-15(16,17)18/h3-8H,1-2H3. The van der Waals surface area contributed by atoms with Gasteiger partial charge in [0, 0.05) is 17.2 Å². The topological polar surface area (TPSA) is 57.7 Å². The minimum Gasteiger partial charge on any atom is -0.481 e. The lowest BCUT2D eigenvalue weighted by atomic mass is 10.0. The maximum Gasteiger partial charge on any atom is 0.573 e. The number of benzene rings is 1. The number of carbonyl (C=O) groups excluding carboxylic acids is 1. The van der Waals surface area contributed by atoms with E-state index < -0.39 is 18.1 Å². The normalized spacial score (nSPS) is 11.0. The summed E-state index contributed by atoms with van der Waals surface area (Å²) < 4.78 is 51.1. The van der Waals surface area contributed by atoms with Gasteiger partial charge in [-0.05, 0) is 12.1 Å². The molecule has 0 atom stereocenters. The van der Waals surface area contributed by atoms with Crippen molar-refractivity contribution >= 4 is 5.97 Å². The molecule has 5 nitrogen and oxygen atoms in total. The molecule has 0 saturated carbocycles. The van der Waals surface area contributed by atoms with Crippen molar-refractivity contribution in [2.45, 2.75) is 6.36 Å². The highest BCUT2D eigenvalue weighted by Gasteiger charge is 2.32. The predicted octanol–water partition coefficient (Wildman–Crippen LogP) is 3.44. The second-order valence-corrected chi connectivity index (χ2v) is 4.29. The second-order valence-electron chi connectivity index (χ2n) is 4.29. The zero-order valence-corrected chi connectivity index (χ0v) is 12.2. The molecule has 0 aliphatic rings. The van der Waals surface area contributed by atoms with Gasteiger partial charge < -0.3 is 14.2 Å². The fourth-order valence-electron chi connectivity index (χ4n) is 1.93. The van der Waals surface area contributed by atoms with Crippen LogP contribution in [0.2, 0.25) is 0 Å². The number of methoxy groups -OCH3 is 2. The van der Waals surface area contributed by atoms with Crippen LogP contribution < -0.4 is 9.47 Å². The minimum absolute atomic E-state index is 0.0559. The van der Waals surface area contributed by atoms with Gasteiger partial charge in [0.25, 0.3) is 0 Å². The van der Waals surface area contributed by atoms with E-state index in [0.29, 0.717) is 0 Å². The second kappa shape index (κ2) is 6.55. The molecule has 122 valence electrons. The maximum absolute atomic E-state index is 12.5. The van der Waals surface area contributed by atoms with Crippen molar-refractivity contribution < 1.29 is 32.2 Å². The largest absolute Gasteiger partial charge is 0.573 e. The van der Waals surface area contributed by atoms with Crippen LogP contribution in [0.25, 0.3) is 11.1 Å². The fourth-order valence-corrected chi connectivity index (χ4v) is 1.93. The van der Waals surface area contributed by atoms with Crippen LogP contribution in [0.3, 0.4) is 0 Å². The van der Waals surface area contributed by atoms with Gasteiger partial charge in [0.05, 0.1) is 14.2 Å². The number of alkyl halides is 3. The number of hydrogen-bond acceptors (Lipinski definition) is 5. The molecular formula is C15H12F3NO4. The van der Waals surface area contributed by atoms with Gasteiger partial charge >= 0.3 is 12.3 Å². The molecular weight excluding hydrogens is 315 g/mol. The summed E-state index contributed by atoms with van der Waals surface area (Å²) in [5, 5.41) is 0. The molecule has 0 unspecified atom stereocenters. The summed E-state index contributed by atoms with van der Waals surface area (Å²) in [5.41, 5.74) is 0.0166. The quantitative estimate of drug-likeness (QED) is 0.805. The fraction of sp³-hybridized carbons (Fsp3) is 0.200. The molecule has 0 spiro atoms. The number of hydrogen-bond donors (Lipinski definition) is 0. The summed E-state index contributed by atoms with van der Waals surface area (Å²) in [6, 6.07) is 8.27. The van der Waals surface area contributed by atoms with Crippen LogP contribution >= 0.6 is 0 Å². The molecule has 0 N–H and O–H groups in total. The maximum atomic E-state index is 12.5. The molecule has 0 bridgehead atoms. The first kappa shape index (κ1) is 16.6. The van der Waals surface area contributed by atoms with Crippen LogP contribution in [0.5, 0.6) is 11.6 Å². The molecule has 8 heteroatoms. The Morgan fingerprint density at radius 3 is 2.35 bits per heavy atom. The van der Waals surface area contributed by atoms with Crippen molar-refractivity contribution in [1.29, 1.82) is 0 Å². The third kappa shape index (κ3) is 3.91. The Morgan fingerprint density at radius 2 is 1.74 bits per heavy atom. The van der Waals surface area contributed by atoms with E-state index in [4.69, 9.17) is 4.74 Å². The first-order valence-corrected chi connectivity index (χ1v) is 6.34. The van der Waals surface area contributed by atoms with Crippen molar-refractivity contribution in [3.63, 3.8) is 0 Å². The number of esters is 1. The lowest BCUT2D eigenvalue weighted by Gasteiger charge is -2.15. The molecule has 1 heterocycles. The van der Waals surface area contributed by atoms with E-state index >= 15 is 0 Å². The highest BCUT2D eigenvalue weighted by atomic mass is 19.4. The van der Waals surface area contributed by atoms with Gasteiger partial charge in [0.15, 0.2) is 5.69 Å². The van der Waals surface area contributed by atoms with Crippen LogP contribution in [0.4, 0.5) is 13.2 Å². The van der Waals surface area contributed by atoms with Gasteiger partial charge in [-0.3, -0.25) is 0 Å². The van der Waals surface area contributed by atoms with Crippen molar-refractivity contribution in [3.8, 4) is 22.8 Å². The monoisotopic (exact) mass is 327 g/mol. The molecule has 2 aromatic rings. The van der Waals surface area contributed by atoms with Gasteiger partial charge in [-0.15, -0.1) is 13.2 Å². The number of para-hydroxylation sites is 1. The first-order valence-electron chi connectivity index (χ1n) is 6.34. The summed E-state index contributed by atoms with van der Waals surface area (Å²) in [5.74, 6) is -1.12. The number of rotatable bonds is 4. The molecule has 0 amide bonds. The molecule has 0 saturated heterocycles. The van der Waals surface area contributed by atoms with Gasteiger partial charge in [-0.25, -0.2) is 9.78 Å². The molecule has 0 aliphatic heterocycles. The Hall–Kier alpha value is -2.77. The predicted molar refractivity (Wildman–Crippen MR) is 74.2 cm³/mol. The number of carbonyl (C=O) groups is 1. The van der Waals surface area contributed by atoms with Crippen molar-refractivity contribution in [3.05, 3.63) is 42.1 Å². The van der Waals surface area contributed by atoms with Crippen LogP contribution in [0.1, 0.15) is 10.5 Å². The number of nitrogens with zero attached hydrogens (tertiary/aromatic N) is 1. The van der Waals surface area contributed by atoms with Gasteiger partial charge in [-0.2, -0.15) is 0 Å². The number of pyridine rings is 1. The average molecular weight is 327 g/mol. The molecule has 0 fully saturated rings. The summed E-state index contributed by atoms with van der Waals surface area (Å²) in [6.07, 6.45) is -4.86. The summed E-state index contributed by atoms with van der Waals surface area (Å²) in [4.78, 5) is 15.8. The Labute approximate surface area is 129 Å². The Morgan fingerprint density at radius 1 is 1.04 bits per heavy atom. The van der Waals surface area contributed by atoms with Crippen LogP contribution in [0.15, 0.2) is 36.4 Å². The van der Waals surface area contributed by atoms with Gasteiger partial charge in [-0.1, -0.05) is 18.2 Å². The molecule has 23 heavy (non-hydrogen) atoms. The number of aromatic nitrogens is 1. The molecule has 0 aliphatic carbocycles. The van der Waals surface area contributed by atoms with E-state index in [-0.39, 0.29) is 22.7 Å². The number of ether oxygens (including phenoxy) is 3. The Kier molecular flexibility index (Phi) is 4.73. The van der Waals surface area contributed by atoms with Crippen molar-refractivity contribution in [2.24, 2.45) is 0 Å². The molecule has 1 aromatic heterocycles.